The molecule has 0 saturated carbocycles. The number of fused-ring (bicyclic) bond motifs is 1. The van der Waals surface area contributed by atoms with Crippen molar-refractivity contribution in [3.05, 3.63) is 28.6 Å². The molecule has 0 aliphatic carbocycles. The highest BCUT2D eigenvalue weighted by Gasteiger charge is 2.36. The SMILES string of the molecule is CCc1cccc2sc(=NC(=O)C3CCCN3S(C)(=O)=O)n(C)c12. The van der Waals surface area contributed by atoms with Crippen LogP contribution in [0.1, 0.15) is 25.3 Å². The molecule has 0 N–H and O–H groups in total. The number of rotatable bonds is 3. The second-order valence-electron chi connectivity index (χ2n) is 6.04. The highest BCUT2D eigenvalue weighted by atomic mass is 32.2. The molecule has 24 heavy (non-hydrogen) atoms. The van der Waals surface area contributed by atoms with Gasteiger partial charge < -0.3 is 4.57 Å². The van der Waals surface area contributed by atoms with Gasteiger partial charge in [0, 0.05) is 13.6 Å². The number of amides is 1. The molecule has 0 spiro atoms. The maximum atomic E-state index is 12.6. The average Bonchev–Trinajstić information content (AvgIpc) is 3.13. The van der Waals surface area contributed by atoms with E-state index >= 15 is 0 Å². The summed E-state index contributed by atoms with van der Waals surface area (Å²) in [7, 11) is -1.49. The summed E-state index contributed by atoms with van der Waals surface area (Å²) in [6, 6.07) is 5.42. The van der Waals surface area contributed by atoms with Crippen LogP contribution in [0.3, 0.4) is 0 Å². The first-order valence-corrected chi connectivity index (χ1v) is 10.6. The minimum Gasteiger partial charge on any atom is -0.319 e. The normalized spacial score (nSPS) is 20.1. The number of sulfonamides is 1. The second kappa shape index (κ2) is 6.42. The number of hydrogen-bond acceptors (Lipinski definition) is 4. The average molecular weight is 367 g/mol. The molecule has 130 valence electrons. The van der Waals surface area contributed by atoms with Gasteiger partial charge in [-0.2, -0.15) is 9.30 Å². The van der Waals surface area contributed by atoms with Crippen molar-refractivity contribution in [3.8, 4) is 0 Å². The third kappa shape index (κ3) is 3.05. The van der Waals surface area contributed by atoms with Crippen LogP contribution in [0.15, 0.2) is 23.2 Å². The Bertz CT molecular complexity index is 957. The first-order chi connectivity index (χ1) is 11.3. The number of aromatic nitrogens is 1. The second-order valence-corrected chi connectivity index (χ2v) is 8.99. The van der Waals surface area contributed by atoms with E-state index in [4.69, 9.17) is 0 Å². The van der Waals surface area contributed by atoms with Gasteiger partial charge in [0.05, 0.1) is 16.5 Å². The maximum absolute atomic E-state index is 12.6. The lowest BCUT2D eigenvalue weighted by atomic mass is 10.1. The Morgan fingerprint density at radius 2 is 2.17 bits per heavy atom. The fourth-order valence-corrected chi connectivity index (χ4v) is 5.42. The number of hydrogen-bond donors (Lipinski definition) is 0. The summed E-state index contributed by atoms with van der Waals surface area (Å²) >= 11 is 1.46. The van der Waals surface area contributed by atoms with Crippen molar-refractivity contribution in [3.63, 3.8) is 0 Å². The number of nitrogens with zero attached hydrogens (tertiary/aromatic N) is 3. The van der Waals surface area contributed by atoms with Crippen LogP contribution in [0.25, 0.3) is 10.2 Å². The summed E-state index contributed by atoms with van der Waals surface area (Å²) < 4.78 is 27.9. The highest BCUT2D eigenvalue weighted by molar-refractivity contribution is 7.88. The van der Waals surface area contributed by atoms with Crippen molar-refractivity contribution in [2.75, 3.05) is 12.8 Å². The monoisotopic (exact) mass is 367 g/mol. The van der Waals surface area contributed by atoms with Crippen LogP contribution in [0.4, 0.5) is 0 Å². The van der Waals surface area contributed by atoms with Crippen LogP contribution in [-0.2, 0) is 28.3 Å². The van der Waals surface area contributed by atoms with Crippen molar-refractivity contribution < 1.29 is 13.2 Å². The molecule has 2 aromatic rings. The van der Waals surface area contributed by atoms with E-state index in [9.17, 15) is 13.2 Å². The zero-order valence-electron chi connectivity index (χ0n) is 14.0. The van der Waals surface area contributed by atoms with E-state index < -0.39 is 16.1 Å². The molecule has 0 bridgehead atoms. The van der Waals surface area contributed by atoms with Gasteiger partial charge in [-0.15, -0.1) is 0 Å². The van der Waals surface area contributed by atoms with E-state index in [-0.39, 0.29) is 5.91 Å². The third-order valence-electron chi connectivity index (χ3n) is 4.41. The summed E-state index contributed by atoms with van der Waals surface area (Å²) in [4.78, 5) is 17.4. The number of para-hydroxylation sites is 1. The van der Waals surface area contributed by atoms with E-state index in [2.05, 4.69) is 18.0 Å². The van der Waals surface area contributed by atoms with Crippen LogP contribution in [0.2, 0.25) is 0 Å². The Hall–Kier alpha value is -1.51. The van der Waals surface area contributed by atoms with Gasteiger partial charge in [0.25, 0.3) is 5.91 Å². The molecule has 1 aromatic heterocycles. The van der Waals surface area contributed by atoms with Gasteiger partial charge in [-0.3, -0.25) is 4.79 Å². The predicted octanol–water partition coefficient (Wildman–Crippen LogP) is 1.65. The Morgan fingerprint density at radius 1 is 1.42 bits per heavy atom. The first kappa shape index (κ1) is 17.3. The van der Waals surface area contributed by atoms with Gasteiger partial charge in [0.15, 0.2) is 4.80 Å². The van der Waals surface area contributed by atoms with Gasteiger partial charge in [-0.25, -0.2) is 8.42 Å². The fraction of sp³-hybridized carbons (Fsp3) is 0.500. The van der Waals surface area contributed by atoms with E-state index in [1.54, 1.807) is 0 Å². The molecule has 1 fully saturated rings. The fourth-order valence-electron chi connectivity index (χ4n) is 3.23. The lowest BCUT2D eigenvalue weighted by molar-refractivity contribution is -0.121. The Morgan fingerprint density at radius 3 is 2.83 bits per heavy atom. The van der Waals surface area contributed by atoms with Gasteiger partial charge >= 0.3 is 0 Å². The summed E-state index contributed by atoms with van der Waals surface area (Å²) in [5.41, 5.74) is 2.29. The largest absolute Gasteiger partial charge is 0.319 e. The maximum Gasteiger partial charge on any atom is 0.266 e. The van der Waals surface area contributed by atoms with Crippen LogP contribution >= 0.6 is 11.3 Å². The van der Waals surface area contributed by atoms with Crippen LogP contribution < -0.4 is 4.80 Å². The Kier molecular flexibility index (Phi) is 4.63. The van der Waals surface area contributed by atoms with Gasteiger partial charge in [0.1, 0.15) is 6.04 Å². The molecule has 0 radical (unpaired) electrons. The van der Waals surface area contributed by atoms with E-state index in [1.807, 2.05) is 23.7 Å². The third-order valence-corrected chi connectivity index (χ3v) is 6.79. The molecule has 1 aliphatic heterocycles. The quantitative estimate of drug-likeness (QED) is 0.828. The van der Waals surface area contributed by atoms with Crippen molar-refractivity contribution in [1.29, 1.82) is 0 Å². The van der Waals surface area contributed by atoms with Crippen LogP contribution in [-0.4, -0.2) is 42.0 Å². The summed E-state index contributed by atoms with van der Waals surface area (Å²) in [6.45, 7) is 2.49. The standard InChI is InChI=1S/C16H21N3O3S2/c1-4-11-7-5-9-13-14(11)18(2)16(23-13)17-15(20)12-8-6-10-19(12)24(3,21)22/h5,7,9,12H,4,6,8,10H2,1-3H3. The van der Waals surface area contributed by atoms with Crippen LogP contribution in [0.5, 0.6) is 0 Å². The number of thiazole rings is 1. The van der Waals surface area contributed by atoms with E-state index in [0.717, 1.165) is 22.9 Å². The van der Waals surface area contributed by atoms with Crippen molar-refractivity contribution in [2.24, 2.45) is 12.0 Å². The molecule has 8 heteroatoms. The summed E-state index contributed by atoms with van der Waals surface area (Å²) in [5, 5.41) is 0. The zero-order chi connectivity index (χ0) is 17.5. The zero-order valence-corrected chi connectivity index (χ0v) is 15.7. The molecular formula is C16H21N3O3S2. The topological polar surface area (TPSA) is 71.7 Å². The number of carbonyl (C=O) groups excluding carboxylic acids is 1. The van der Waals surface area contributed by atoms with Crippen molar-refractivity contribution in [1.82, 2.24) is 8.87 Å². The van der Waals surface area contributed by atoms with Gasteiger partial charge in [-0.05, 0) is 30.9 Å². The van der Waals surface area contributed by atoms with Crippen molar-refractivity contribution in [2.45, 2.75) is 32.2 Å². The molecule has 3 rings (SSSR count). The molecule has 1 saturated heterocycles. The molecular weight excluding hydrogens is 346 g/mol. The minimum atomic E-state index is -3.39. The van der Waals surface area contributed by atoms with Crippen LogP contribution in [0, 0.1) is 0 Å². The Labute approximate surface area is 145 Å². The molecule has 1 amide bonds. The lowest BCUT2D eigenvalue weighted by Gasteiger charge is -2.18. The minimum absolute atomic E-state index is 0.377. The molecule has 1 aliphatic rings. The van der Waals surface area contributed by atoms with Gasteiger partial charge in [-0.1, -0.05) is 30.4 Å². The summed E-state index contributed by atoms with van der Waals surface area (Å²) in [6.07, 6.45) is 3.27. The molecule has 2 heterocycles. The molecule has 6 nitrogen and oxygen atoms in total. The van der Waals surface area contributed by atoms with Crippen molar-refractivity contribution >= 4 is 37.5 Å². The first-order valence-electron chi connectivity index (χ1n) is 7.95. The Balaban J connectivity index is 2.04. The highest BCUT2D eigenvalue weighted by Crippen LogP contribution is 2.23. The summed E-state index contributed by atoms with van der Waals surface area (Å²) in [5.74, 6) is -0.377. The van der Waals surface area contributed by atoms with Gasteiger partial charge in [0.2, 0.25) is 10.0 Å². The number of aryl methyl sites for hydroxylation is 2. The lowest BCUT2D eigenvalue weighted by Crippen LogP contribution is -2.39. The molecule has 1 aromatic carbocycles. The predicted molar refractivity (Wildman–Crippen MR) is 95.3 cm³/mol. The molecule has 1 unspecified atom stereocenters. The molecule has 1 atom stereocenters. The number of benzene rings is 1. The van der Waals surface area contributed by atoms with E-state index in [0.29, 0.717) is 24.2 Å². The smallest absolute Gasteiger partial charge is 0.266 e. The van der Waals surface area contributed by atoms with E-state index in [1.165, 1.54) is 21.2 Å². The number of carbonyl (C=O) groups is 1.